The summed E-state index contributed by atoms with van der Waals surface area (Å²) in [6, 6.07) is 20.1. The van der Waals surface area contributed by atoms with Crippen molar-refractivity contribution in [2.45, 2.75) is 39.3 Å². The van der Waals surface area contributed by atoms with Crippen LogP contribution in [-0.4, -0.2) is 34.7 Å². The Morgan fingerprint density at radius 2 is 1.72 bits per heavy atom. The summed E-state index contributed by atoms with van der Waals surface area (Å²) < 4.78 is 3.50. The molecule has 0 aliphatic rings. The van der Waals surface area contributed by atoms with Crippen LogP contribution in [0, 0.1) is 0 Å². The molecule has 5 rings (SSSR count). The third-order valence-corrected chi connectivity index (χ3v) is 6.67. The van der Waals surface area contributed by atoms with Crippen LogP contribution in [-0.2, 0) is 25.9 Å². The third kappa shape index (κ3) is 4.85. The largest absolute Gasteiger partial charge is 0.329 e. The number of aromatic nitrogens is 7. The predicted octanol–water partition coefficient (Wildman–Crippen LogP) is 4.79. The van der Waals surface area contributed by atoms with Crippen molar-refractivity contribution in [2.75, 3.05) is 0 Å². The second-order valence-corrected chi connectivity index (χ2v) is 8.97. The highest BCUT2D eigenvalue weighted by Gasteiger charge is 2.18. The van der Waals surface area contributed by atoms with Gasteiger partial charge in [-0.05, 0) is 46.0 Å². The zero-order valence-electron chi connectivity index (χ0n) is 19.9. The molecule has 0 unspecified atom stereocenters. The highest BCUT2D eigenvalue weighted by Crippen LogP contribution is 2.29. The van der Waals surface area contributed by atoms with Crippen molar-refractivity contribution in [3.63, 3.8) is 0 Å². The average Bonchev–Trinajstić information content (AvgIpc) is 3.53. The summed E-state index contributed by atoms with van der Waals surface area (Å²) in [7, 11) is 0. The number of tetrazole rings is 1. The van der Waals surface area contributed by atoms with E-state index in [1.165, 1.54) is 5.56 Å². The first-order chi connectivity index (χ1) is 17.7. The van der Waals surface area contributed by atoms with Gasteiger partial charge in [0.15, 0.2) is 5.82 Å². The van der Waals surface area contributed by atoms with E-state index in [0.717, 1.165) is 47.2 Å². The average molecular weight is 500 g/mol. The maximum Gasteiger partial charge on any atom is 0.329 e. The SMILES string of the molecule is CCCc1c(Cl)n(CCc2ccccc2)c(=O)n1Cc1ccc(-c2cnccc2-c2nnn[nH]2)cc1. The molecule has 2 aromatic carbocycles. The van der Waals surface area contributed by atoms with E-state index in [4.69, 9.17) is 11.6 Å². The van der Waals surface area contributed by atoms with Crippen LogP contribution in [0.25, 0.3) is 22.5 Å². The molecule has 0 saturated carbocycles. The fourth-order valence-corrected chi connectivity index (χ4v) is 4.76. The van der Waals surface area contributed by atoms with Crippen molar-refractivity contribution in [1.29, 1.82) is 0 Å². The van der Waals surface area contributed by atoms with E-state index in [9.17, 15) is 4.79 Å². The molecule has 0 amide bonds. The molecular weight excluding hydrogens is 474 g/mol. The number of nitrogens with zero attached hydrogens (tertiary/aromatic N) is 6. The lowest BCUT2D eigenvalue weighted by Crippen LogP contribution is -2.26. The van der Waals surface area contributed by atoms with Gasteiger partial charge in [0, 0.05) is 30.1 Å². The van der Waals surface area contributed by atoms with Gasteiger partial charge in [0.05, 0.1) is 12.2 Å². The Kier molecular flexibility index (Phi) is 7.04. The number of nitrogens with one attached hydrogen (secondary N) is 1. The standard InChI is InChI=1S/C27H26ClN7O/c1-2-6-24-25(28)34(16-14-19-7-4-3-5-8-19)27(36)35(24)18-20-9-11-21(12-10-20)23-17-29-15-13-22(23)26-30-32-33-31-26/h3-5,7-13,15,17H,2,6,14,16,18H2,1H3,(H,30,31,32,33). The number of benzene rings is 2. The highest BCUT2D eigenvalue weighted by molar-refractivity contribution is 6.30. The Morgan fingerprint density at radius 1 is 0.917 bits per heavy atom. The fraction of sp³-hybridized carbons (Fsp3) is 0.222. The third-order valence-electron chi connectivity index (χ3n) is 6.24. The molecule has 3 aromatic heterocycles. The lowest BCUT2D eigenvalue weighted by Gasteiger charge is -2.10. The Balaban J connectivity index is 1.41. The van der Waals surface area contributed by atoms with Crippen LogP contribution in [0.1, 0.15) is 30.2 Å². The molecule has 3 heterocycles. The summed E-state index contributed by atoms with van der Waals surface area (Å²) >= 11 is 6.73. The number of hydrogen-bond acceptors (Lipinski definition) is 5. The van der Waals surface area contributed by atoms with Crippen LogP contribution in [0.3, 0.4) is 0 Å². The zero-order chi connectivity index (χ0) is 24.9. The van der Waals surface area contributed by atoms with Crippen LogP contribution in [0.5, 0.6) is 0 Å². The van der Waals surface area contributed by atoms with E-state index in [-0.39, 0.29) is 5.69 Å². The second-order valence-electron chi connectivity index (χ2n) is 8.61. The maximum atomic E-state index is 13.4. The molecule has 9 heteroatoms. The number of aromatic amines is 1. The Morgan fingerprint density at radius 3 is 2.44 bits per heavy atom. The van der Waals surface area contributed by atoms with Gasteiger partial charge in [-0.15, -0.1) is 5.10 Å². The Hall–Kier alpha value is -4.04. The summed E-state index contributed by atoms with van der Waals surface area (Å²) in [4.78, 5) is 17.7. The number of pyridine rings is 1. The molecule has 182 valence electrons. The molecule has 0 aliphatic carbocycles. The molecular formula is C27H26ClN7O. The molecule has 0 spiro atoms. The monoisotopic (exact) mass is 499 g/mol. The van der Waals surface area contributed by atoms with Crippen molar-refractivity contribution in [2.24, 2.45) is 0 Å². The highest BCUT2D eigenvalue weighted by atomic mass is 35.5. The molecule has 36 heavy (non-hydrogen) atoms. The summed E-state index contributed by atoms with van der Waals surface area (Å²) in [6.07, 6.45) is 5.90. The fourth-order valence-electron chi connectivity index (χ4n) is 4.41. The summed E-state index contributed by atoms with van der Waals surface area (Å²) in [6.45, 7) is 3.10. The molecule has 5 aromatic rings. The van der Waals surface area contributed by atoms with Crippen molar-refractivity contribution in [3.8, 4) is 22.5 Å². The molecule has 8 nitrogen and oxygen atoms in total. The molecule has 0 aliphatic heterocycles. The predicted molar refractivity (Wildman–Crippen MR) is 140 cm³/mol. The van der Waals surface area contributed by atoms with Gasteiger partial charge in [-0.2, -0.15) is 0 Å². The van der Waals surface area contributed by atoms with E-state index in [1.807, 2.05) is 53.1 Å². The van der Waals surface area contributed by atoms with E-state index < -0.39 is 0 Å². The number of rotatable bonds is 9. The van der Waals surface area contributed by atoms with Gasteiger partial charge in [-0.3, -0.25) is 14.1 Å². The molecule has 1 N–H and O–H groups in total. The smallest absolute Gasteiger partial charge is 0.290 e. The van der Waals surface area contributed by atoms with E-state index in [2.05, 4.69) is 44.7 Å². The van der Waals surface area contributed by atoms with Crippen LogP contribution < -0.4 is 5.69 Å². The lowest BCUT2D eigenvalue weighted by molar-refractivity contribution is 0.628. The van der Waals surface area contributed by atoms with Crippen molar-refractivity contribution in [3.05, 3.63) is 106 Å². The van der Waals surface area contributed by atoms with Gasteiger partial charge >= 0.3 is 5.69 Å². The van der Waals surface area contributed by atoms with Gasteiger partial charge in [0.1, 0.15) is 5.15 Å². The first kappa shape index (κ1) is 23.7. The first-order valence-electron chi connectivity index (χ1n) is 11.9. The minimum absolute atomic E-state index is 0.0733. The number of hydrogen-bond donors (Lipinski definition) is 1. The molecule has 0 saturated heterocycles. The maximum absolute atomic E-state index is 13.4. The van der Waals surface area contributed by atoms with Crippen molar-refractivity contribution >= 4 is 11.6 Å². The Bertz CT molecular complexity index is 1490. The molecule has 0 radical (unpaired) electrons. The number of imidazole rings is 1. The Labute approximate surface area is 213 Å². The van der Waals surface area contributed by atoms with Gasteiger partial charge in [0.2, 0.25) is 0 Å². The van der Waals surface area contributed by atoms with Gasteiger partial charge in [-0.25, -0.2) is 9.89 Å². The van der Waals surface area contributed by atoms with Gasteiger partial charge in [-0.1, -0.05) is 79.5 Å². The molecule has 0 bridgehead atoms. The van der Waals surface area contributed by atoms with Crippen LogP contribution in [0.15, 0.2) is 77.9 Å². The number of halogens is 1. The van der Waals surface area contributed by atoms with Crippen LogP contribution >= 0.6 is 11.6 Å². The van der Waals surface area contributed by atoms with Crippen molar-refractivity contribution < 1.29 is 0 Å². The zero-order valence-corrected chi connectivity index (χ0v) is 20.7. The summed E-state index contributed by atoms with van der Waals surface area (Å²) in [5.41, 5.74) is 5.77. The topological polar surface area (TPSA) is 94.3 Å². The quantitative estimate of drug-likeness (QED) is 0.314. The summed E-state index contributed by atoms with van der Waals surface area (Å²) in [5, 5.41) is 14.7. The first-order valence-corrected chi connectivity index (χ1v) is 12.3. The van der Waals surface area contributed by atoms with Crippen molar-refractivity contribution in [1.82, 2.24) is 34.7 Å². The normalized spacial score (nSPS) is 11.2. The molecule has 0 fully saturated rings. The number of H-pyrrole nitrogens is 1. The second kappa shape index (κ2) is 10.7. The van der Waals surface area contributed by atoms with Gasteiger partial charge < -0.3 is 0 Å². The number of aryl methyl sites for hydroxylation is 1. The lowest BCUT2D eigenvalue weighted by atomic mass is 10.0. The van der Waals surface area contributed by atoms with Gasteiger partial charge in [0.25, 0.3) is 0 Å². The summed E-state index contributed by atoms with van der Waals surface area (Å²) in [5.74, 6) is 0.582. The minimum atomic E-state index is -0.0733. The minimum Gasteiger partial charge on any atom is -0.290 e. The van der Waals surface area contributed by atoms with E-state index in [1.54, 1.807) is 17.0 Å². The van der Waals surface area contributed by atoms with Crippen LogP contribution in [0.2, 0.25) is 5.15 Å². The van der Waals surface area contributed by atoms with Crippen LogP contribution in [0.4, 0.5) is 0 Å². The van der Waals surface area contributed by atoms with E-state index >= 15 is 0 Å². The molecule has 0 atom stereocenters. The van der Waals surface area contributed by atoms with E-state index in [0.29, 0.717) is 24.1 Å².